The smallest absolute Gasteiger partial charge is 0.176 e. The second kappa shape index (κ2) is 4.68. The summed E-state index contributed by atoms with van der Waals surface area (Å²) in [5.74, 6) is 2.51. The quantitative estimate of drug-likeness (QED) is 0.794. The summed E-state index contributed by atoms with van der Waals surface area (Å²) in [7, 11) is 0. The van der Waals surface area contributed by atoms with Crippen LogP contribution in [-0.2, 0) is 5.60 Å². The molecule has 0 radical (unpaired) electrons. The lowest BCUT2D eigenvalue weighted by atomic mass is 9.86. The summed E-state index contributed by atoms with van der Waals surface area (Å²) in [6.45, 7) is 4.01. The summed E-state index contributed by atoms with van der Waals surface area (Å²) in [5.41, 5.74) is 2.37. The highest BCUT2D eigenvalue weighted by molar-refractivity contribution is 5.44. The van der Waals surface area contributed by atoms with Crippen molar-refractivity contribution >= 4 is 0 Å². The molecule has 0 aromatic heterocycles. The summed E-state index contributed by atoms with van der Waals surface area (Å²) >= 11 is 0. The van der Waals surface area contributed by atoms with Gasteiger partial charge in [0.2, 0.25) is 0 Å². The van der Waals surface area contributed by atoms with Crippen molar-refractivity contribution in [1.29, 1.82) is 0 Å². The lowest BCUT2D eigenvalue weighted by Gasteiger charge is -2.23. The molecule has 1 heteroatoms. The van der Waals surface area contributed by atoms with Crippen LogP contribution in [0.5, 0.6) is 0 Å². The number of hydrogen-bond acceptors (Lipinski definition) is 1. The molecule has 0 unspecified atom stereocenters. The van der Waals surface area contributed by atoms with Crippen molar-refractivity contribution in [2.45, 2.75) is 19.4 Å². The van der Waals surface area contributed by atoms with E-state index in [0.29, 0.717) is 0 Å². The Bertz CT molecular complexity index is 525. The van der Waals surface area contributed by atoms with E-state index < -0.39 is 5.60 Å². The second-order valence-electron chi connectivity index (χ2n) is 4.59. The Morgan fingerprint density at radius 3 is 1.44 bits per heavy atom. The summed E-state index contributed by atoms with van der Waals surface area (Å²) in [4.78, 5) is 0. The van der Waals surface area contributed by atoms with E-state index in [4.69, 9.17) is 6.42 Å². The zero-order chi connectivity index (χ0) is 13.2. The molecule has 0 bridgehead atoms. The van der Waals surface area contributed by atoms with Crippen molar-refractivity contribution in [3.05, 3.63) is 70.8 Å². The molecule has 0 heterocycles. The summed E-state index contributed by atoms with van der Waals surface area (Å²) in [5, 5.41) is 10.7. The van der Waals surface area contributed by atoms with Crippen LogP contribution in [0, 0.1) is 26.2 Å². The van der Waals surface area contributed by atoms with Gasteiger partial charge in [0.15, 0.2) is 5.60 Å². The van der Waals surface area contributed by atoms with Crippen LogP contribution in [0.3, 0.4) is 0 Å². The minimum absolute atomic E-state index is 0.722. The topological polar surface area (TPSA) is 20.2 Å². The van der Waals surface area contributed by atoms with E-state index >= 15 is 0 Å². The van der Waals surface area contributed by atoms with Crippen molar-refractivity contribution in [3.8, 4) is 12.3 Å². The number of terminal acetylenes is 1. The third-order valence-electron chi connectivity index (χ3n) is 3.15. The van der Waals surface area contributed by atoms with Crippen LogP contribution in [0.15, 0.2) is 48.5 Å². The predicted molar refractivity (Wildman–Crippen MR) is 74.2 cm³/mol. The maximum Gasteiger partial charge on any atom is 0.176 e. The first-order valence-electron chi connectivity index (χ1n) is 5.91. The van der Waals surface area contributed by atoms with Crippen molar-refractivity contribution < 1.29 is 5.11 Å². The van der Waals surface area contributed by atoms with Gasteiger partial charge in [-0.2, -0.15) is 0 Å². The summed E-state index contributed by atoms with van der Waals surface area (Å²) < 4.78 is 0. The highest BCUT2D eigenvalue weighted by Gasteiger charge is 2.28. The molecular weight excluding hydrogens is 220 g/mol. The first kappa shape index (κ1) is 12.4. The van der Waals surface area contributed by atoms with Crippen LogP contribution in [0.4, 0.5) is 0 Å². The maximum atomic E-state index is 10.7. The molecule has 0 amide bonds. The molecule has 0 fully saturated rings. The van der Waals surface area contributed by atoms with Crippen LogP contribution >= 0.6 is 0 Å². The average molecular weight is 236 g/mol. The van der Waals surface area contributed by atoms with E-state index in [1.54, 1.807) is 0 Å². The SMILES string of the molecule is C#CC(O)(c1ccc(C)cc1)c1ccc(C)cc1. The van der Waals surface area contributed by atoms with Crippen LogP contribution in [0.2, 0.25) is 0 Å². The molecule has 0 saturated carbocycles. The normalized spacial score (nSPS) is 11.0. The van der Waals surface area contributed by atoms with Crippen molar-refractivity contribution in [3.63, 3.8) is 0 Å². The fourth-order valence-corrected chi connectivity index (χ4v) is 1.92. The number of aryl methyl sites for hydroxylation is 2. The molecule has 1 N–H and O–H groups in total. The van der Waals surface area contributed by atoms with Crippen molar-refractivity contribution in [2.75, 3.05) is 0 Å². The third-order valence-corrected chi connectivity index (χ3v) is 3.15. The fourth-order valence-electron chi connectivity index (χ4n) is 1.92. The van der Waals surface area contributed by atoms with Gasteiger partial charge in [-0.05, 0) is 13.8 Å². The molecule has 2 aromatic rings. The van der Waals surface area contributed by atoms with Crippen molar-refractivity contribution in [2.24, 2.45) is 0 Å². The molecule has 2 aromatic carbocycles. The molecule has 0 spiro atoms. The molecule has 90 valence electrons. The standard InChI is InChI=1S/C17H16O/c1-4-17(18,15-9-5-13(2)6-10-15)16-11-7-14(3)8-12-16/h1,5-12,18H,2-3H3. The molecule has 18 heavy (non-hydrogen) atoms. The Hall–Kier alpha value is -2.04. The summed E-state index contributed by atoms with van der Waals surface area (Å²) in [6, 6.07) is 15.3. The van der Waals surface area contributed by atoms with E-state index in [-0.39, 0.29) is 0 Å². The van der Waals surface area contributed by atoms with Gasteiger partial charge < -0.3 is 5.11 Å². The molecule has 0 saturated heterocycles. The van der Waals surface area contributed by atoms with E-state index in [1.165, 1.54) is 0 Å². The fraction of sp³-hybridized carbons (Fsp3) is 0.176. The Morgan fingerprint density at radius 1 is 0.833 bits per heavy atom. The molecule has 1 nitrogen and oxygen atoms in total. The van der Waals surface area contributed by atoms with Gasteiger partial charge in [-0.25, -0.2) is 0 Å². The number of hydrogen-bond donors (Lipinski definition) is 1. The molecular formula is C17H16O. The molecule has 2 rings (SSSR count). The van der Waals surface area contributed by atoms with Gasteiger partial charge in [0, 0.05) is 11.1 Å². The lowest BCUT2D eigenvalue weighted by molar-refractivity contribution is 0.145. The molecule has 0 aliphatic heterocycles. The molecule has 0 aliphatic rings. The lowest BCUT2D eigenvalue weighted by Crippen LogP contribution is -2.24. The zero-order valence-corrected chi connectivity index (χ0v) is 10.6. The number of rotatable bonds is 2. The minimum atomic E-state index is -1.36. The van der Waals surface area contributed by atoms with Crippen LogP contribution in [0.25, 0.3) is 0 Å². The van der Waals surface area contributed by atoms with E-state index in [9.17, 15) is 5.11 Å². The van der Waals surface area contributed by atoms with Gasteiger partial charge in [-0.3, -0.25) is 0 Å². The first-order chi connectivity index (χ1) is 8.56. The van der Waals surface area contributed by atoms with Crippen LogP contribution in [-0.4, -0.2) is 5.11 Å². The molecule has 0 aliphatic carbocycles. The van der Waals surface area contributed by atoms with E-state index in [1.807, 2.05) is 62.4 Å². The van der Waals surface area contributed by atoms with Crippen LogP contribution in [0.1, 0.15) is 22.3 Å². The number of benzene rings is 2. The van der Waals surface area contributed by atoms with E-state index in [2.05, 4.69) is 5.92 Å². The van der Waals surface area contributed by atoms with Gasteiger partial charge in [-0.1, -0.05) is 65.6 Å². The molecule has 0 atom stereocenters. The van der Waals surface area contributed by atoms with Crippen LogP contribution < -0.4 is 0 Å². The van der Waals surface area contributed by atoms with Gasteiger partial charge in [0.1, 0.15) is 0 Å². The number of aliphatic hydroxyl groups is 1. The Labute approximate surface area is 108 Å². The zero-order valence-electron chi connectivity index (χ0n) is 10.6. The van der Waals surface area contributed by atoms with E-state index in [0.717, 1.165) is 22.3 Å². The highest BCUT2D eigenvalue weighted by atomic mass is 16.3. The largest absolute Gasteiger partial charge is 0.369 e. The Balaban J connectivity index is 2.52. The van der Waals surface area contributed by atoms with Gasteiger partial charge in [0.05, 0.1) is 0 Å². The Kier molecular flexibility index (Phi) is 3.23. The third kappa shape index (κ3) is 2.16. The first-order valence-corrected chi connectivity index (χ1v) is 5.91. The second-order valence-corrected chi connectivity index (χ2v) is 4.59. The average Bonchev–Trinajstić information content (AvgIpc) is 2.39. The van der Waals surface area contributed by atoms with Gasteiger partial charge >= 0.3 is 0 Å². The van der Waals surface area contributed by atoms with Crippen molar-refractivity contribution in [1.82, 2.24) is 0 Å². The highest BCUT2D eigenvalue weighted by Crippen LogP contribution is 2.29. The predicted octanol–water partition coefficient (Wildman–Crippen LogP) is 3.17. The monoisotopic (exact) mass is 236 g/mol. The Morgan fingerprint density at radius 2 is 1.17 bits per heavy atom. The van der Waals surface area contributed by atoms with Gasteiger partial charge in [-0.15, -0.1) is 6.42 Å². The minimum Gasteiger partial charge on any atom is -0.369 e. The summed E-state index contributed by atoms with van der Waals surface area (Å²) in [6.07, 6.45) is 5.55. The van der Waals surface area contributed by atoms with Gasteiger partial charge in [0.25, 0.3) is 0 Å². The maximum absolute atomic E-state index is 10.7.